The SMILES string of the molecule is O=c1cc(CO)occ1OCCc1ccc2c(c1)OC(F)(F)O2. The number of halogens is 2. The van der Waals surface area contributed by atoms with Gasteiger partial charge >= 0.3 is 6.29 Å². The normalized spacial score (nSPS) is 14.7. The topological polar surface area (TPSA) is 78.1 Å². The molecule has 0 spiro atoms. The second-order valence-electron chi connectivity index (χ2n) is 4.78. The van der Waals surface area contributed by atoms with E-state index in [1.807, 2.05) is 0 Å². The summed E-state index contributed by atoms with van der Waals surface area (Å²) >= 11 is 0. The van der Waals surface area contributed by atoms with E-state index < -0.39 is 11.7 Å². The molecule has 8 heteroatoms. The van der Waals surface area contributed by atoms with Crippen LogP contribution in [0.4, 0.5) is 8.78 Å². The molecule has 0 unspecified atom stereocenters. The molecule has 3 rings (SSSR count). The summed E-state index contributed by atoms with van der Waals surface area (Å²) < 4.78 is 44.8. The number of alkyl halides is 2. The van der Waals surface area contributed by atoms with Crippen LogP contribution < -0.4 is 19.6 Å². The lowest BCUT2D eigenvalue weighted by Crippen LogP contribution is -2.25. The summed E-state index contributed by atoms with van der Waals surface area (Å²) in [5.74, 6) is 0.0766. The highest BCUT2D eigenvalue weighted by Crippen LogP contribution is 2.41. The maximum atomic E-state index is 12.9. The lowest BCUT2D eigenvalue weighted by atomic mass is 10.1. The molecule has 0 bridgehead atoms. The smallest absolute Gasteiger partial charge is 0.486 e. The van der Waals surface area contributed by atoms with Crippen molar-refractivity contribution in [2.45, 2.75) is 19.3 Å². The van der Waals surface area contributed by atoms with Crippen molar-refractivity contribution in [3.63, 3.8) is 0 Å². The minimum atomic E-state index is -3.65. The summed E-state index contributed by atoms with van der Waals surface area (Å²) in [5, 5.41) is 8.84. The van der Waals surface area contributed by atoms with Gasteiger partial charge < -0.3 is 23.7 Å². The Morgan fingerprint density at radius 2 is 1.96 bits per heavy atom. The van der Waals surface area contributed by atoms with Crippen LogP contribution in [0.2, 0.25) is 0 Å². The molecule has 1 aliphatic heterocycles. The zero-order chi connectivity index (χ0) is 16.4. The quantitative estimate of drug-likeness (QED) is 0.906. The van der Waals surface area contributed by atoms with Crippen LogP contribution in [-0.2, 0) is 13.0 Å². The summed E-state index contributed by atoms with van der Waals surface area (Å²) in [7, 11) is 0. The third kappa shape index (κ3) is 3.42. The Kier molecular flexibility index (Phi) is 3.91. The Balaban J connectivity index is 1.61. The summed E-state index contributed by atoms with van der Waals surface area (Å²) in [6.07, 6.45) is -2.16. The molecule has 122 valence electrons. The van der Waals surface area contributed by atoms with Crippen molar-refractivity contribution in [3.8, 4) is 17.2 Å². The Labute approximate surface area is 128 Å². The lowest BCUT2D eigenvalue weighted by molar-refractivity contribution is -0.286. The van der Waals surface area contributed by atoms with Crippen molar-refractivity contribution >= 4 is 0 Å². The third-order valence-electron chi connectivity index (χ3n) is 3.12. The minimum absolute atomic E-state index is 0.00877. The molecule has 0 saturated heterocycles. The Hall–Kier alpha value is -2.61. The number of aliphatic hydroxyl groups is 1. The van der Waals surface area contributed by atoms with Crippen LogP contribution in [0, 0.1) is 0 Å². The van der Waals surface area contributed by atoms with Gasteiger partial charge in [0.05, 0.1) is 6.61 Å². The van der Waals surface area contributed by atoms with Gasteiger partial charge in [0.2, 0.25) is 11.2 Å². The zero-order valence-electron chi connectivity index (χ0n) is 11.8. The summed E-state index contributed by atoms with van der Waals surface area (Å²) in [6, 6.07) is 5.55. The van der Waals surface area contributed by atoms with Gasteiger partial charge in [0.1, 0.15) is 18.6 Å². The van der Waals surface area contributed by atoms with E-state index >= 15 is 0 Å². The molecule has 0 aliphatic carbocycles. The number of rotatable bonds is 5. The average Bonchev–Trinajstić information content (AvgIpc) is 2.82. The van der Waals surface area contributed by atoms with Gasteiger partial charge in [0.15, 0.2) is 11.5 Å². The van der Waals surface area contributed by atoms with Gasteiger partial charge in [-0.1, -0.05) is 6.07 Å². The van der Waals surface area contributed by atoms with Gasteiger partial charge in [0, 0.05) is 12.5 Å². The van der Waals surface area contributed by atoms with Gasteiger partial charge in [-0.2, -0.15) is 0 Å². The molecule has 1 aromatic carbocycles. The summed E-state index contributed by atoms with van der Waals surface area (Å²) in [4.78, 5) is 11.7. The first-order valence-electron chi connectivity index (χ1n) is 6.71. The van der Waals surface area contributed by atoms with Gasteiger partial charge in [-0.15, -0.1) is 8.78 Å². The minimum Gasteiger partial charge on any atom is -0.486 e. The molecule has 6 nitrogen and oxygen atoms in total. The predicted molar refractivity (Wildman–Crippen MR) is 72.7 cm³/mol. The molecule has 0 amide bonds. The van der Waals surface area contributed by atoms with Crippen LogP contribution in [0.1, 0.15) is 11.3 Å². The van der Waals surface area contributed by atoms with E-state index in [9.17, 15) is 13.6 Å². The van der Waals surface area contributed by atoms with Crippen LogP contribution in [-0.4, -0.2) is 18.0 Å². The number of hydrogen-bond donors (Lipinski definition) is 1. The largest absolute Gasteiger partial charge is 0.586 e. The molecule has 0 fully saturated rings. The fourth-order valence-electron chi connectivity index (χ4n) is 2.05. The summed E-state index contributed by atoms with van der Waals surface area (Å²) in [5.41, 5.74) is 0.270. The van der Waals surface area contributed by atoms with Crippen molar-refractivity contribution in [1.82, 2.24) is 0 Å². The standard InChI is InChI=1S/C15H12F2O6/c16-15(17)22-12-2-1-9(5-13(12)23-15)3-4-20-14-8-21-10(7-18)6-11(14)19/h1-2,5-6,8,18H,3-4,7H2. The van der Waals surface area contributed by atoms with Crippen molar-refractivity contribution in [2.24, 2.45) is 0 Å². The molecule has 23 heavy (non-hydrogen) atoms. The first kappa shape index (κ1) is 15.3. The van der Waals surface area contributed by atoms with E-state index in [2.05, 4.69) is 9.47 Å². The highest BCUT2D eigenvalue weighted by atomic mass is 19.3. The molecule has 2 aromatic rings. The number of benzene rings is 1. The van der Waals surface area contributed by atoms with Crippen molar-refractivity contribution in [3.05, 3.63) is 52.1 Å². The molecule has 1 N–H and O–H groups in total. The van der Waals surface area contributed by atoms with Gasteiger partial charge in [-0.05, 0) is 17.7 Å². The molecule has 2 heterocycles. The van der Waals surface area contributed by atoms with E-state index in [-0.39, 0.29) is 36.2 Å². The first-order chi connectivity index (χ1) is 11.0. The van der Waals surface area contributed by atoms with Crippen LogP contribution in [0.3, 0.4) is 0 Å². The maximum Gasteiger partial charge on any atom is 0.586 e. The van der Waals surface area contributed by atoms with E-state index in [0.29, 0.717) is 12.0 Å². The Morgan fingerprint density at radius 1 is 1.17 bits per heavy atom. The van der Waals surface area contributed by atoms with Crippen LogP contribution in [0.25, 0.3) is 0 Å². The lowest BCUT2D eigenvalue weighted by Gasteiger charge is -2.06. The van der Waals surface area contributed by atoms with E-state index in [0.717, 1.165) is 12.3 Å². The van der Waals surface area contributed by atoms with E-state index in [1.165, 1.54) is 12.1 Å². The van der Waals surface area contributed by atoms with Crippen molar-refractivity contribution in [1.29, 1.82) is 0 Å². The Morgan fingerprint density at radius 3 is 2.70 bits per heavy atom. The molecule has 0 radical (unpaired) electrons. The first-order valence-corrected chi connectivity index (χ1v) is 6.71. The molecular formula is C15H12F2O6. The second kappa shape index (κ2) is 5.88. The molecule has 0 atom stereocenters. The van der Waals surface area contributed by atoms with Crippen molar-refractivity contribution < 1.29 is 32.5 Å². The molecule has 0 saturated carbocycles. The van der Waals surface area contributed by atoms with Crippen LogP contribution >= 0.6 is 0 Å². The number of ether oxygens (including phenoxy) is 3. The Bertz CT molecular complexity index is 771. The molecular weight excluding hydrogens is 314 g/mol. The second-order valence-corrected chi connectivity index (χ2v) is 4.78. The maximum absolute atomic E-state index is 12.9. The predicted octanol–water partition coefficient (Wildman–Crippen LogP) is 2.08. The molecule has 1 aromatic heterocycles. The highest BCUT2D eigenvalue weighted by molar-refractivity contribution is 5.45. The van der Waals surface area contributed by atoms with Gasteiger partial charge in [-0.25, -0.2) is 0 Å². The van der Waals surface area contributed by atoms with E-state index in [1.54, 1.807) is 6.07 Å². The van der Waals surface area contributed by atoms with Crippen LogP contribution in [0.15, 0.2) is 39.7 Å². The average molecular weight is 326 g/mol. The van der Waals surface area contributed by atoms with Crippen molar-refractivity contribution in [2.75, 3.05) is 6.61 Å². The fourth-order valence-corrected chi connectivity index (χ4v) is 2.05. The molecule has 1 aliphatic rings. The zero-order valence-corrected chi connectivity index (χ0v) is 11.8. The third-order valence-corrected chi connectivity index (χ3v) is 3.12. The number of hydrogen-bond acceptors (Lipinski definition) is 6. The summed E-state index contributed by atoms with van der Waals surface area (Å²) in [6.45, 7) is -0.239. The number of aliphatic hydroxyl groups excluding tert-OH is 1. The van der Waals surface area contributed by atoms with Gasteiger partial charge in [0.25, 0.3) is 0 Å². The fraction of sp³-hybridized carbons (Fsp3) is 0.267. The highest BCUT2D eigenvalue weighted by Gasteiger charge is 2.43. The monoisotopic (exact) mass is 326 g/mol. The van der Waals surface area contributed by atoms with E-state index in [4.69, 9.17) is 14.3 Å². The van der Waals surface area contributed by atoms with Gasteiger partial charge in [-0.3, -0.25) is 4.79 Å². The van der Waals surface area contributed by atoms with Crippen LogP contribution in [0.5, 0.6) is 17.2 Å². The number of fused-ring (bicyclic) bond motifs is 1.